The fraction of sp³-hybridized carbons (Fsp3) is 0.556. The summed E-state index contributed by atoms with van der Waals surface area (Å²) in [5.41, 5.74) is -1.14. The topological polar surface area (TPSA) is 207 Å². The maximum Gasteiger partial charge on any atom is 0.490 e. The first kappa shape index (κ1) is 24.6. The van der Waals surface area contributed by atoms with E-state index in [0.717, 1.165) is 4.57 Å². The van der Waals surface area contributed by atoms with Crippen molar-refractivity contribution in [1.29, 1.82) is 0 Å². The van der Waals surface area contributed by atoms with Crippen LogP contribution < -0.4 is 5.56 Å². The van der Waals surface area contributed by atoms with E-state index in [9.17, 15) is 32.2 Å². The minimum absolute atomic E-state index is 0.363. The average Bonchev–Trinajstić information content (AvgIpc) is 2.86. The summed E-state index contributed by atoms with van der Waals surface area (Å²) in [6.07, 6.45) is -4.45. The smallest absolute Gasteiger partial charge is 0.349 e. The summed E-state index contributed by atoms with van der Waals surface area (Å²) in [6, 6.07) is 0. The summed E-state index contributed by atoms with van der Waals surface area (Å²) >= 11 is 4.78. The summed E-state index contributed by atoms with van der Waals surface area (Å²) in [5.74, 6) is -1.27. The Morgan fingerprint density at radius 3 is 2.45 bits per heavy atom. The third-order valence-corrected chi connectivity index (χ3v) is 7.28. The second-order valence-corrected chi connectivity index (χ2v) is 10.2. The molecule has 1 aromatic heterocycles. The number of nitrogens with one attached hydrogen (secondary N) is 1. The van der Waals surface area contributed by atoms with E-state index in [4.69, 9.17) is 31.6 Å². The number of nitrogens with zero attached hydrogens (tertiary/aromatic N) is 1. The quantitative estimate of drug-likeness (QED) is 0.248. The zero-order valence-electron chi connectivity index (χ0n) is 13.7. The first-order valence-corrected chi connectivity index (χ1v) is 12.1. The molecular formula is C9H13F2N2O12P3S. The molecule has 29 heavy (non-hydrogen) atoms. The van der Waals surface area contributed by atoms with Gasteiger partial charge in [-0.1, -0.05) is 0 Å². The normalized spacial score (nSPS) is 26.8. The minimum Gasteiger partial charge on any atom is -0.349 e. The Bertz CT molecular complexity index is 1020. The van der Waals surface area contributed by atoms with Crippen molar-refractivity contribution < 1.29 is 59.9 Å². The molecule has 2 heterocycles. The Morgan fingerprint density at radius 2 is 1.86 bits per heavy atom. The Hall–Kier alpha value is -0.670. The second-order valence-electron chi connectivity index (χ2n) is 5.43. The molecule has 3 unspecified atom stereocenters. The van der Waals surface area contributed by atoms with E-state index in [0.29, 0.717) is 6.20 Å². The maximum absolute atomic E-state index is 14.2. The van der Waals surface area contributed by atoms with Crippen LogP contribution in [0.4, 0.5) is 8.78 Å². The van der Waals surface area contributed by atoms with Gasteiger partial charge in [0, 0.05) is 6.42 Å². The molecule has 0 radical (unpaired) electrons. The molecule has 1 aliphatic heterocycles. The summed E-state index contributed by atoms with van der Waals surface area (Å²) in [6.45, 7) is -0.889. The number of ether oxygens (including phenoxy) is 1. The van der Waals surface area contributed by atoms with Gasteiger partial charge in [-0.2, -0.15) is 13.0 Å². The standard InChI is InChI=1S/C9H13F2N2O12P3S/c10-5-1-4(23-8(5)13-2-6(11)7(14)12-9(13)29)3-22-27(18,19)25-28(20,21)24-26(15,16)17/h2,4-5,8H,1,3H2,(H,18,19)(H,20,21)(H,12,14,29)(H2,15,16,17)/t4-,5?,8+/m0/s1. The lowest BCUT2D eigenvalue weighted by Gasteiger charge is -2.19. The predicted molar refractivity (Wildman–Crippen MR) is 89.1 cm³/mol. The summed E-state index contributed by atoms with van der Waals surface area (Å²) < 4.78 is 77.9. The van der Waals surface area contributed by atoms with Gasteiger partial charge in [-0.05, 0) is 12.2 Å². The number of phosphoric acid groups is 3. The molecule has 0 spiro atoms. The number of aromatic amines is 1. The SMILES string of the molecule is O=c1[nH]c(=S)n([C@@H]2O[C@H](COP(=O)(O)OP(=O)(O)OP(=O)(O)O)CC2F)cc1F. The van der Waals surface area contributed by atoms with Crippen LogP contribution in [0.25, 0.3) is 0 Å². The highest BCUT2D eigenvalue weighted by atomic mass is 32.1. The Labute approximate surface area is 164 Å². The molecule has 0 amide bonds. The molecule has 2 rings (SSSR count). The highest BCUT2D eigenvalue weighted by molar-refractivity contribution is 7.71. The molecule has 14 nitrogen and oxygen atoms in total. The van der Waals surface area contributed by atoms with Crippen LogP contribution in [0.5, 0.6) is 0 Å². The van der Waals surface area contributed by atoms with Gasteiger partial charge < -0.3 is 24.3 Å². The van der Waals surface area contributed by atoms with Crippen LogP contribution in [0.15, 0.2) is 11.0 Å². The van der Waals surface area contributed by atoms with Crippen molar-refractivity contribution in [3.63, 3.8) is 0 Å². The highest BCUT2D eigenvalue weighted by Gasteiger charge is 2.43. The number of H-pyrrole nitrogens is 1. The number of aromatic nitrogens is 2. The minimum atomic E-state index is -5.70. The number of hydrogen-bond donors (Lipinski definition) is 5. The Balaban J connectivity index is 2.02. The maximum atomic E-state index is 14.2. The Kier molecular flexibility index (Phi) is 7.49. The van der Waals surface area contributed by atoms with Gasteiger partial charge in [0.25, 0.3) is 5.56 Å². The Morgan fingerprint density at radius 1 is 1.24 bits per heavy atom. The van der Waals surface area contributed by atoms with Crippen molar-refractivity contribution >= 4 is 35.7 Å². The summed E-state index contributed by atoms with van der Waals surface area (Å²) in [7, 11) is -16.6. The molecule has 0 saturated carbocycles. The second kappa shape index (κ2) is 8.83. The number of alkyl halides is 1. The van der Waals surface area contributed by atoms with Crippen molar-refractivity contribution in [1.82, 2.24) is 9.55 Å². The molecule has 1 fully saturated rings. The summed E-state index contributed by atoms with van der Waals surface area (Å²) in [4.78, 5) is 48.3. The fourth-order valence-corrected chi connectivity index (χ4v) is 5.48. The van der Waals surface area contributed by atoms with Gasteiger partial charge >= 0.3 is 23.5 Å². The zero-order valence-corrected chi connectivity index (χ0v) is 17.2. The largest absolute Gasteiger partial charge is 0.490 e. The molecule has 166 valence electrons. The molecule has 20 heteroatoms. The lowest BCUT2D eigenvalue weighted by atomic mass is 10.2. The molecule has 0 aromatic carbocycles. The number of rotatable bonds is 8. The zero-order chi connectivity index (χ0) is 22.2. The predicted octanol–water partition coefficient (Wildman–Crippen LogP) is 1.01. The number of phosphoric ester groups is 1. The highest BCUT2D eigenvalue weighted by Crippen LogP contribution is 2.66. The third kappa shape index (κ3) is 7.21. The van der Waals surface area contributed by atoms with E-state index in [2.05, 4.69) is 13.1 Å². The van der Waals surface area contributed by atoms with Gasteiger partial charge in [-0.3, -0.25) is 18.9 Å². The van der Waals surface area contributed by atoms with Crippen LogP contribution in [-0.4, -0.2) is 48.0 Å². The molecule has 1 aliphatic rings. The van der Waals surface area contributed by atoms with Crippen molar-refractivity contribution in [2.24, 2.45) is 0 Å². The number of halogens is 2. The van der Waals surface area contributed by atoms with Gasteiger partial charge in [-0.25, -0.2) is 18.1 Å². The van der Waals surface area contributed by atoms with Gasteiger partial charge in [0.15, 0.2) is 11.0 Å². The van der Waals surface area contributed by atoms with Crippen LogP contribution in [0.3, 0.4) is 0 Å². The van der Waals surface area contributed by atoms with Crippen molar-refractivity contribution in [3.05, 3.63) is 27.1 Å². The van der Waals surface area contributed by atoms with Crippen LogP contribution in [-0.2, 0) is 31.6 Å². The molecule has 5 atom stereocenters. The molecule has 0 bridgehead atoms. The summed E-state index contributed by atoms with van der Waals surface area (Å²) in [5, 5.41) is 0. The van der Waals surface area contributed by atoms with Crippen molar-refractivity contribution in [3.8, 4) is 0 Å². The van der Waals surface area contributed by atoms with Crippen LogP contribution >= 0.6 is 35.7 Å². The van der Waals surface area contributed by atoms with Crippen molar-refractivity contribution in [2.75, 3.05) is 6.61 Å². The lowest BCUT2D eigenvalue weighted by molar-refractivity contribution is -0.0383. The third-order valence-electron chi connectivity index (χ3n) is 3.17. The van der Waals surface area contributed by atoms with Crippen LogP contribution in [0.2, 0.25) is 0 Å². The first-order chi connectivity index (χ1) is 13.1. The average molecular weight is 504 g/mol. The first-order valence-electron chi connectivity index (χ1n) is 7.17. The van der Waals surface area contributed by atoms with Gasteiger partial charge in [0.2, 0.25) is 5.82 Å². The van der Waals surface area contributed by atoms with Crippen LogP contribution in [0.1, 0.15) is 12.6 Å². The van der Waals surface area contributed by atoms with Crippen LogP contribution in [0, 0.1) is 10.6 Å². The van der Waals surface area contributed by atoms with Gasteiger partial charge in [0.1, 0.15) is 6.17 Å². The molecule has 0 aliphatic carbocycles. The van der Waals surface area contributed by atoms with E-state index in [1.165, 1.54) is 0 Å². The lowest BCUT2D eigenvalue weighted by Crippen LogP contribution is -2.23. The molecular weight excluding hydrogens is 491 g/mol. The van der Waals surface area contributed by atoms with Gasteiger partial charge in [0.05, 0.1) is 18.9 Å². The molecule has 1 saturated heterocycles. The fourth-order valence-electron chi connectivity index (χ4n) is 2.18. The van der Waals surface area contributed by atoms with E-state index in [1.807, 2.05) is 4.98 Å². The monoisotopic (exact) mass is 504 g/mol. The van der Waals surface area contributed by atoms with E-state index in [1.54, 1.807) is 0 Å². The van der Waals surface area contributed by atoms with E-state index >= 15 is 0 Å². The number of hydrogen-bond acceptors (Lipinski definition) is 9. The van der Waals surface area contributed by atoms with Gasteiger partial charge in [-0.15, -0.1) is 0 Å². The van der Waals surface area contributed by atoms with E-state index < -0.39 is 66.4 Å². The molecule has 5 N–H and O–H groups in total. The van der Waals surface area contributed by atoms with E-state index in [-0.39, 0.29) is 4.77 Å². The van der Waals surface area contributed by atoms with Crippen molar-refractivity contribution in [2.45, 2.75) is 24.9 Å². The molecule has 1 aromatic rings.